The Kier molecular flexibility index (Phi) is 1.91. The van der Waals surface area contributed by atoms with Gasteiger partial charge in [0.15, 0.2) is 0 Å². The van der Waals surface area contributed by atoms with Gasteiger partial charge in [0.25, 0.3) is 0 Å². The molecule has 15 heavy (non-hydrogen) atoms. The summed E-state index contributed by atoms with van der Waals surface area (Å²) in [4.78, 5) is 4.19. The Balaban J connectivity index is 2.07. The lowest BCUT2D eigenvalue weighted by molar-refractivity contribution is 0.579. The lowest BCUT2D eigenvalue weighted by Crippen LogP contribution is -2.12. The summed E-state index contributed by atoms with van der Waals surface area (Å²) in [6.45, 7) is 0. The summed E-state index contributed by atoms with van der Waals surface area (Å²) in [7, 11) is 0. The minimum absolute atomic E-state index is 0.411. The van der Waals surface area contributed by atoms with Crippen LogP contribution in [0.5, 0.6) is 0 Å². The SMILES string of the molecule is C1=Cc2cncn2C(c2ccccc2)C1. The van der Waals surface area contributed by atoms with E-state index in [1.165, 1.54) is 11.3 Å². The zero-order valence-corrected chi connectivity index (χ0v) is 8.38. The number of nitrogens with zero attached hydrogens (tertiary/aromatic N) is 2. The topological polar surface area (TPSA) is 17.8 Å². The Morgan fingerprint density at radius 3 is 2.93 bits per heavy atom. The van der Waals surface area contributed by atoms with Gasteiger partial charge in [-0.05, 0) is 18.1 Å². The van der Waals surface area contributed by atoms with E-state index in [1.807, 2.05) is 12.5 Å². The fourth-order valence-corrected chi connectivity index (χ4v) is 2.11. The molecule has 0 spiro atoms. The molecule has 0 saturated heterocycles. The van der Waals surface area contributed by atoms with Gasteiger partial charge in [-0.3, -0.25) is 0 Å². The fourth-order valence-electron chi connectivity index (χ4n) is 2.11. The van der Waals surface area contributed by atoms with Crippen LogP contribution in [-0.4, -0.2) is 9.55 Å². The minimum atomic E-state index is 0.411. The van der Waals surface area contributed by atoms with Crippen LogP contribution in [0.2, 0.25) is 0 Å². The summed E-state index contributed by atoms with van der Waals surface area (Å²) in [5.41, 5.74) is 2.54. The molecular formula is C13H12N2. The van der Waals surface area contributed by atoms with Crippen LogP contribution in [0.1, 0.15) is 23.7 Å². The average Bonchev–Trinajstić information content (AvgIpc) is 2.78. The molecule has 0 radical (unpaired) electrons. The Labute approximate surface area is 88.9 Å². The third-order valence-corrected chi connectivity index (χ3v) is 2.86. The second-order valence-electron chi connectivity index (χ2n) is 3.79. The van der Waals surface area contributed by atoms with Crippen molar-refractivity contribution >= 4 is 6.08 Å². The van der Waals surface area contributed by atoms with E-state index in [0.29, 0.717) is 6.04 Å². The number of benzene rings is 1. The van der Waals surface area contributed by atoms with Gasteiger partial charge in [0.1, 0.15) is 0 Å². The molecule has 1 atom stereocenters. The summed E-state index contributed by atoms with van der Waals surface area (Å²) >= 11 is 0. The van der Waals surface area contributed by atoms with Gasteiger partial charge in [0.2, 0.25) is 0 Å². The summed E-state index contributed by atoms with van der Waals surface area (Å²) < 4.78 is 2.23. The van der Waals surface area contributed by atoms with Crippen LogP contribution in [-0.2, 0) is 0 Å². The van der Waals surface area contributed by atoms with E-state index in [1.54, 1.807) is 0 Å². The Morgan fingerprint density at radius 2 is 2.07 bits per heavy atom. The molecule has 2 aromatic rings. The van der Waals surface area contributed by atoms with E-state index in [4.69, 9.17) is 0 Å². The van der Waals surface area contributed by atoms with E-state index in [-0.39, 0.29) is 0 Å². The molecule has 1 aromatic carbocycles. The average molecular weight is 196 g/mol. The van der Waals surface area contributed by atoms with Crippen molar-refractivity contribution in [3.8, 4) is 0 Å². The highest BCUT2D eigenvalue weighted by Crippen LogP contribution is 2.27. The Hall–Kier alpha value is -1.83. The molecule has 2 heterocycles. The fraction of sp³-hybridized carbons (Fsp3) is 0.154. The van der Waals surface area contributed by atoms with Crippen molar-refractivity contribution in [1.82, 2.24) is 9.55 Å². The maximum absolute atomic E-state index is 4.19. The van der Waals surface area contributed by atoms with Crippen molar-refractivity contribution in [1.29, 1.82) is 0 Å². The molecule has 2 heteroatoms. The standard InChI is InChI=1S/C13H12N2/c1-2-5-11(6-3-1)13-8-4-7-12-9-14-10-15(12)13/h1-7,9-10,13H,8H2. The van der Waals surface area contributed by atoms with Gasteiger partial charge in [-0.15, -0.1) is 0 Å². The summed E-state index contributed by atoms with van der Waals surface area (Å²) in [6.07, 6.45) is 9.22. The van der Waals surface area contributed by atoms with Crippen molar-refractivity contribution in [2.75, 3.05) is 0 Å². The van der Waals surface area contributed by atoms with Crippen LogP contribution >= 0.6 is 0 Å². The molecule has 0 fully saturated rings. The van der Waals surface area contributed by atoms with Crippen LogP contribution in [0.25, 0.3) is 6.08 Å². The summed E-state index contributed by atoms with van der Waals surface area (Å²) in [6, 6.07) is 11.0. The molecule has 0 amide bonds. The number of fused-ring (bicyclic) bond motifs is 1. The first-order chi connectivity index (χ1) is 7.45. The maximum Gasteiger partial charge on any atom is 0.0956 e. The number of imidazole rings is 1. The normalized spacial score (nSPS) is 18.8. The lowest BCUT2D eigenvalue weighted by Gasteiger charge is -2.22. The predicted octanol–water partition coefficient (Wildman–Crippen LogP) is 2.89. The van der Waals surface area contributed by atoms with Crippen LogP contribution in [0.15, 0.2) is 48.9 Å². The summed E-state index contributed by atoms with van der Waals surface area (Å²) in [5, 5.41) is 0. The van der Waals surface area contributed by atoms with Gasteiger partial charge in [-0.1, -0.05) is 36.4 Å². The van der Waals surface area contributed by atoms with Gasteiger partial charge in [0, 0.05) is 0 Å². The van der Waals surface area contributed by atoms with E-state index < -0.39 is 0 Å². The van der Waals surface area contributed by atoms with Gasteiger partial charge < -0.3 is 4.57 Å². The summed E-state index contributed by atoms with van der Waals surface area (Å²) in [5.74, 6) is 0. The van der Waals surface area contributed by atoms with Crippen molar-refractivity contribution in [3.63, 3.8) is 0 Å². The largest absolute Gasteiger partial charge is 0.323 e. The molecule has 0 bridgehead atoms. The van der Waals surface area contributed by atoms with Crippen molar-refractivity contribution in [2.45, 2.75) is 12.5 Å². The predicted molar refractivity (Wildman–Crippen MR) is 60.5 cm³/mol. The van der Waals surface area contributed by atoms with Gasteiger partial charge >= 0.3 is 0 Å². The van der Waals surface area contributed by atoms with E-state index >= 15 is 0 Å². The van der Waals surface area contributed by atoms with E-state index in [2.05, 4.69) is 52.0 Å². The molecule has 1 aliphatic rings. The van der Waals surface area contributed by atoms with E-state index in [0.717, 1.165) is 6.42 Å². The Bertz CT molecular complexity index is 482. The number of rotatable bonds is 1. The highest BCUT2D eigenvalue weighted by molar-refractivity contribution is 5.47. The first-order valence-electron chi connectivity index (χ1n) is 5.18. The van der Waals surface area contributed by atoms with Crippen LogP contribution in [0.4, 0.5) is 0 Å². The molecule has 74 valence electrons. The number of aromatic nitrogens is 2. The monoisotopic (exact) mass is 196 g/mol. The maximum atomic E-state index is 4.19. The number of hydrogen-bond donors (Lipinski definition) is 0. The highest BCUT2D eigenvalue weighted by Gasteiger charge is 2.16. The first-order valence-corrected chi connectivity index (χ1v) is 5.18. The minimum Gasteiger partial charge on any atom is -0.323 e. The molecular weight excluding hydrogens is 184 g/mol. The van der Waals surface area contributed by atoms with Crippen LogP contribution < -0.4 is 0 Å². The third kappa shape index (κ3) is 1.38. The van der Waals surface area contributed by atoms with Gasteiger partial charge in [0.05, 0.1) is 24.3 Å². The Morgan fingerprint density at radius 1 is 1.20 bits per heavy atom. The molecule has 0 saturated carbocycles. The van der Waals surface area contributed by atoms with Gasteiger partial charge in [-0.25, -0.2) is 4.98 Å². The molecule has 1 aliphatic heterocycles. The number of allylic oxidation sites excluding steroid dienone is 1. The molecule has 1 unspecified atom stereocenters. The second kappa shape index (κ2) is 3.39. The second-order valence-corrected chi connectivity index (χ2v) is 3.79. The quantitative estimate of drug-likeness (QED) is 0.685. The smallest absolute Gasteiger partial charge is 0.0956 e. The molecule has 0 N–H and O–H groups in total. The zero-order valence-electron chi connectivity index (χ0n) is 8.38. The van der Waals surface area contributed by atoms with Crippen molar-refractivity contribution in [3.05, 3.63) is 60.2 Å². The first kappa shape index (κ1) is 8.48. The van der Waals surface area contributed by atoms with Crippen molar-refractivity contribution < 1.29 is 0 Å². The third-order valence-electron chi connectivity index (χ3n) is 2.86. The number of hydrogen-bond acceptors (Lipinski definition) is 1. The molecule has 1 aromatic heterocycles. The van der Waals surface area contributed by atoms with E-state index in [9.17, 15) is 0 Å². The highest BCUT2D eigenvalue weighted by atomic mass is 15.1. The molecule has 0 aliphatic carbocycles. The lowest BCUT2D eigenvalue weighted by atomic mass is 10.0. The zero-order chi connectivity index (χ0) is 10.1. The van der Waals surface area contributed by atoms with Crippen molar-refractivity contribution in [2.24, 2.45) is 0 Å². The van der Waals surface area contributed by atoms with Gasteiger partial charge in [-0.2, -0.15) is 0 Å². The molecule has 2 nitrogen and oxygen atoms in total. The van der Waals surface area contributed by atoms with Crippen LogP contribution in [0.3, 0.4) is 0 Å². The molecule has 3 rings (SSSR count). The van der Waals surface area contributed by atoms with Crippen LogP contribution in [0, 0.1) is 0 Å².